The van der Waals surface area contributed by atoms with E-state index in [0.29, 0.717) is 17.6 Å². The lowest BCUT2D eigenvalue weighted by atomic mass is 10.1. The van der Waals surface area contributed by atoms with Gasteiger partial charge in [-0.05, 0) is 76.0 Å². The average molecular weight is 401 g/mol. The summed E-state index contributed by atoms with van der Waals surface area (Å²) in [7, 11) is 0. The number of pyridine rings is 1. The maximum atomic E-state index is 12.2. The third-order valence-electron chi connectivity index (χ3n) is 2.97. The van der Waals surface area contributed by atoms with Crippen molar-refractivity contribution in [1.82, 2.24) is 4.57 Å². The van der Waals surface area contributed by atoms with Gasteiger partial charge >= 0.3 is 0 Å². The molecule has 20 heavy (non-hydrogen) atoms. The molecule has 2 aromatic rings. The van der Waals surface area contributed by atoms with E-state index in [4.69, 9.17) is 4.74 Å². The smallest absolute Gasteiger partial charge is 0.265 e. The molecule has 1 heterocycles. The van der Waals surface area contributed by atoms with Crippen LogP contribution in [0.3, 0.4) is 0 Å². The minimum Gasteiger partial charge on any atom is -0.494 e. The minimum absolute atomic E-state index is 0.0224. The van der Waals surface area contributed by atoms with Gasteiger partial charge in [0, 0.05) is 16.6 Å². The standard InChI is InChI=1S/C15H15Br2NO2/c1-3-18-14(8-7-12(16)15(18)19)11-6-5-10(20-4-2)9-13(11)17/h5-9H,3-4H2,1-2H3. The van der Waals surface area contributed by atoms with Gasteiger partial charge < -0.3 is 9.30 Å². The monoisotopic (exact) mass is 399 g/mol. The first kappa shape index (κ1) is 15.3. The maximum Gasteiger partial charge on any atom is 0.265 e. The summed E-state index contributed by atoms with van der Waals surface area (Å²) >= 11 is 6.83. The van der Waals surface area contributed by atoms with Crippen LogP contribution in [0.25, 0.3) is 11.3 Å². The summed E-state index contributed by atoms with van der Waals surface area (Å²) in [5, 5.41) is 0. The van der Waals surface area contributed by atoms with Crippen LogP contribution < -0.4 is 10.3 Å². The van der Waals surface area contributed by atoms with Gasteiger partial charge in [0.05, 0.1) is 16.8 Å². The second-order valence-corrected chi connectivity index (χ2v) is 5.90. The maximum absolute atomic E-state index is 12.2. The third kappa shape index (κ3) is 2.99. The molecule has 0 amide bonds. The molecule has 0 fully saturated rings. The third-order valence-corrected chi connectivity index (χ3v) is 4.23. The number of ether oxygens (including phenoxy) is 1. The zero-order chi connectivity index (χ0) is 14.7. The topological polar surface area (TPSA) is 31.2 Å². The molecule has 0 unspecified atom stereocenters. The molecular weight excluding hydrogens is 386 g/mol. The summed E-state index contributed by atoms with van der Waals surface area (Å²) < 4.78 is 8.70. The van der Waals surface area contributed by atoms with E-state index in [9.17, 15) is 4.79 Å². The highest BCUT2D eigenvalue weighted by Crippen LogP contribution is 2.31. The lowest BCUT2D eigenvalue weighted by Gasteiger charge is -2.14. The molecular formula is C15H15Br2NO2. The number of halogens is 2. The van der Waals surface area contributed by atoms with E-state index in [1.54, 1.807) is 10.6 Å². The largest absolute Gasteiger partial charge is 0.494 e. The number of aromatic nitrogens is 1. The van der Waals surface area contributed by atoms with Crippen LogP contribution >= 0.6 is 31.9 Å². The molecule has 106 valence electrons. The lowest BCUT2D eigenvalue weighted by molar-refractivity contribution is 0.340. The molecule has 3 nitrogen and oxygen atoms in total. The quantitative estimate of drug-likeness (QED) is 0.758. The Morgan fingerprint density at radius 1 is 1.10 bits per heavy atom. The van der Waals surface area contributed by atoms with Gasteiger partial charge in [0.2, 0.25) is 0 Å². The molecule has 2 rings (SSSR count). The Morgan fingerprint density at radius 2 is 1.85 bits per heavy atom. The molecule has 1 aromatic heterocycles. The lowest BCUT2D eigenvalue weighted by Crippen LogP contribution is -2.21. The first-order valence-electron chi connectivity index (χ1n) is 6.40. The van der Waals surface area contributed by atoms with Crippen LogP contribution in [0.15, 0.2) is 44.1 Å². The van der Waals surface area contributed by atoms with E-state index >= 15 is 0 Å². The van der Waals surface area contributed by atoms with Crippen molar-refractivity contribution in [3.8, 4) is 17.0 Å². The first-order valence-corrected chi connectivity index (χ1v) is 7.99. The van der Waals surface area contributed by atoms with Crippen molar-refractivity contribution < 1.29 is 4.74 Å². The van der Waals surface area contributed by atoms with E-state index in [-0.39, 0.29) is 5.56 Å². The van der Waals surface area contributed by atoms with Gasteiger partial charge in [-0.15, -0.1) is 0 Å². The first-order chi connectivity index (χ1) is 9.58. The summed E-state index contributed by atoms with van der Waals surface area (Å²) in [4.78, 5) is 12.2. The van der Waals surface area contributed by atoms with E-state index in [2.05, 4.69) is 31.9 Å². The van der Waals surface area contributed by atoms with Crippen LogP contribution in [0.2, 0.25) is 0 Å². The van der Waals surface area contributed by atoms with E-state index in [0.717, 1.165) is 21.5 Å². The second-order valence-electron chi connectivity index (χ2n) is 4.19. The van der Waals surface area contributed by atoms with Gasteiger partial charge in [-0.3, -0.25) is 4.79 Å². The molecule has 0 aliphatic carbocycles. The average Bonchev–Trinajstić information content (AvgIpc) is 2.43. The van der Waals surface area contributed by atoms with Crippen molar-refractivity contribution in [3.63, 3.8) is 0 Å². The predicted molar refractivity (Wildman–Crippen MR) is 88.4 cm³/mol. The highest BCUT2D eigenvalue weighted by Gasteiger charge is 2.11. The Balaban J connectivity index is 2.57. The van der Waals surface area contributed by atoms with Gasteiger partial charge in [0.1, 0.15) is 5.75 Å². The van der Waals surface area contributed by atoms with Gasteiger partial charge in [-0.1, -0.05) is 0 Å². The number of hydrogen-bond acceptors (Lipinski definition) is 2. The van der Waals surface area contributed by atoms with Crippen LogP contribution in [-0.2, 0) is 6.54 Å². The molecule has 0 saturated heterocycles. The Kier molecular flexibility index (Phi) is 5.05. The van der Waals surface area contributed by atoms with Crippen molar-refractivity contribution in [2.24, 2.45) is 0 Å². The SMILES string of the molecule is CCOc1ccc(-c2ccc(Br)c(=O)n2CC)c(Br)c1. The van der Waals surface area contributed by atoms with Crippen LogP contribution in [0.1, 0.15) is 13.8 Å². The van der Waals surface area contributed by atoms with Crippen LogP contribution in [0, 0.1) is 0 Å². The summed E-state index contributed by atoms with van der Waals surface area (Å²) in [5.74, 6) is 0.811. The highest BCUT2D eigenvalue weighted by atomic mass is 79.9. The molecule has 0 spiro atoms. The van der Waals surface area contributed by atoms with Crippen LogP contribution in [-0.4, -0.2) is 11.2 Å². The van der Waals surface area contributed by atoms with Gasteiger partial charge in [0.15, 0.2) is 0 Å². The second kappa shape index (κ2) is 6.59. The number of benzene rings is 1. The summed E-state index contributed by atoms with van der Waals surface area (Å²) in [6.45, 7) is 5.15. The van der Waals surface area contributed by atoms with Crippen LogP contribution in [0.5, 0.6) is 5.75 Å². The molecule has 0 radical (unpaired) electrons. The summed E-state index contributed by atoms with van der Waals surface area (Å²) in [6, 6.07) is 9.52. The van der Waals surface area contributed by atoms with Crippen molar-refractivity contribution >= 4 is 31.9 Å². The molecule has 0 aliphatic heterocycles. The van der Waals surface area contributed by atoms with E-state index < -0.39 is 0 Å². The van der Waals surface area contributed by atoms with Gasteiger partial charge in [0.25, 0.3) is 5.56 Å². The van der Waals surface area contributed by atoms with Crippen molar-refractivity contribution in [3.05, 3.63) is 49.6 Å². The summed E-state index contributed by atoms with van der Waals surface area (Å²) in [5.41, 5.74) is 1.83. The molecule has 0 aliphatic rings. The Morgan fingerprint density at radius 3 is 2.45 bits per heavy atom. The molecule has 0 saturated carbocycles. The molecule has 0 atom stereocenters. The van der Waals surface area contributed by atoms with Crippen molar-refractivity contribution in [2.45, 2.75) is 20.4 Å². The number of hydrogen-bond donors (Lipinski definition) is 0. The van der Waals surface area contributed by atoms with E-state index in [1.807, 2.05) is 38.1 Å². The zero-order valence-electron chi connectivity index (χ0n) is 11.3. The molecule has 1 aromatic carbocycles. The Labute approximate surface area is 134 Å². The fourth-order valence-corrected chi connectivity index (χ4v) is 2.97. The molecule has 0 bridgehead atoms. The van der Waals surface area contributed by atoms with Crippen molar-refractivity contribution in [1.29, 1.82) is 0 Å². The Hall–Kier alpha value is -1.07. The Bertz CT molecular complexity index is 680. The van der Waals surface area contributed by atoms with E-state index in [1.165, 1.54) is 0 Å². The normalized spacial score (nSPS) is 10.6. The number of nitrogens with zero attached hydrogens (tertiary/aromatic N) is 1. The fourth-order valence-electron chi connectivity index (χ4n) is 2.06. The highest BCUT2D eigenvalue weighted by molar-refractivity contribution is 9.10. The predicted octanol–water partition coefficient (Wildman–Crippen LogP) is 4.46. The molecule has 5 heteroatoms. The van der Waals surface area contributed by atoms with Crippen LogP contribution in [0.4, 0.5) is 0 Å². The van der Waals surface area contributed by atoms with Crippen molar-refractivity contribution in [2.75, 3.05) is 6.61 Å². The fraction of sp³-hybridized carbons (Fsp3) is 0.267. The van der Waals surface area contributed by atoms with Gasteiger partial charge in [-0.25, -0.2) is 0 Å². The number of rotatable bonds is 4. The summed E-state index contributed by atoms with van der Waals surface area (Å²) in [6.07, 6.45) is 0. The minimum atomic E-state index is -0.0224. The van der Waals surface area contributed by atoms with Gasteiger partial charge in [-0.2, -0.15) is 0 Å². The zero-order valence-corrected chi connectivity index (χ0v) is 14.5. The molecule has 0 N–H and O–H groups in total.